The SMILES string of the molecule is C=CCc1cc(CN2CCCC2C2(O)CC2)cc(OCC)c1OC. The zero-order valence-electron chi connectivity index (χ0n) is 14.9. The van der Waals surface area contributed by atoms with E-state index in [1.807, 2.05) is 13.0 Å². The number of hydrogen-bond donors (Lipinski definition) is 1. The molecule has 1 unspecified atom stereocenters. The Labute approximate surface area is 145 Å². The van der Waals surface area contributed by atoms with Gasteiger partial charge in [0.25, 0.3) is 0 Å². The third-order valence-corrected chi connectivity index (χ3v) is 5.19. The number of rotatable bonds is 8. The van der Waals surface area contributed by atoms with Gasteiger partial charge in [0.2, 0.25) is 0 Å². The summed E-state index contributed by atoms with van der Waals surface area (Å²) in [6.45, 7) is 8.35. The normalized spacial score (nSPS) is 22.4. The summed E-state index contributed by atoms with van der Waals surface area (Å²) in [4.78, 5) is 2.43. The number of hydrogen-bond acceptors (Lipinski definition) is 4. The average Bonchev–Trinajstić information content (AvgIpc) is 3.12. The predicted molar refractivity (Wildman–Crippen MR) is 95.7 cm³/mol. The summed E-state index contributed by atoms with van der Waals surface area (Å²) >= 11 is 0. The molecule has 3 rings (SSSR count). The maximum Gasteiger partial charge on any atom is 0.164 e. The number of aliphatic hydroxyl groups is 1. The Hall–Kier alpha value is -1.52. The van der Waals surface area contributed by atoms with Crippen LogP contribution in [0.15, 0.2) is 24.8 Å². The standard InChI is InChI=1S/C20H29NO3/c1-4-7-16-12-15(13-17(24-5-2)19(16)23-3)14-21-11-6-8-18(21)20(22)9-10-20/h4,12-13,18,22H,1,5-11,14H2,2-3H3. The molecule has 24 heavy (non-hydrogen) atoms. The summed E-state index contributed by atoms with van der Waals surface area (Å²) in [5.74, 6) is 1.61. The van der Waals surface area contributed by atoms with Gasteiger partial charge in [-0.1, -0.05) is 12.1 Å². The number of methoxy groups -OCH3 is 1. The molecule has 4 heteroatoms. The first-order valence-corrected chi connectivity index (χ1v) is 9.01. The Balaban J connectivity index is 1.85. The van der Waals surface area contributed by atoms with E-state index in [2.05, 4.69) is 23.6 Å². The van der Waals surface area contributed by atoms with Crippen molar-refractivity contribution in [3.8, 4) is 11.5 Å². The second kappa shape index (κ2) is 7.16. The number of allylic oxidation sites excluding steroid dienone is 1. The van der Waals surface area contributed by atoms with E-state index in [0.717, 1.165) is 55.8 Å². The van der Waals surface area contributed by atoms with Crippen LogP contribution in [-0.4, -0.2) is 41.9 Å². The predicted octanol–water partition coefficient (Wildman–Crippen LogP) is 3.31. The molecular weight excluding hydrogens is 302 g/mol. The Kier molecular flexibility index (Phi) is 5.16. The quantitative estimate of drug-likeness (QED) is 0.742. The largest absolute Gasteiger partial charge is 0.493 e. The Morgan fingerprint density at radius 2 is 2.21 bits per heavy atom. The van der Waals surface area contributed by atoms with Crippen LogP contribution >= 0.6 is 0 Å². The van der Waals surface area contributed by atoms with Crippen molar-refractivity contribution in [1.29, 1.82) is 0 Å². The molecule has 0 amide bonds. The lowest BCUT2D eigenvalue weighted by atomic mass is 10.0. The lowest BCUT2D eigenvalue weighted by molar-refractivity contribution is 0.0481. The van der Waals surface area contributed by atoms with Gasteiger partial charge in [0.05, 0.1) is 19.3 Å². The average molecular weight is 331 g/mol. The molecule has 1 heterocycles. The molecule has 2 fully saturated rings. The number of nitrogens with zero attached hydrogens (tertiary/aromatic N) is 1. The van der Waals surface area contributed by atoms with E-state index < -0.39 is 5.60 Å². The van der Waals surface area contributed by atoms with Crippen molar-refractivity contribution in [2.24, 2.45) is 0 Å². The van der Waals surface area contributed by atoms with Crippen molar-refractivity contribution < 1.29 is 14.6 Å². The summed E-state index contributed by atoms with van der Waals surface area (Å²) in [5, 5.41) is 10.5. The molecule has 0 aromatic heterocycles. The summed E-state index contributed by atoms with van der Waals surface area (Å²) < 4.78 is 11.4. The summed E-state index contributed by atoms with van der Waals surface area (Å²) in [6.07, 6.45) is 6.81. The van der Waals surface area contributed by atoms with Crippen LogP contribution in [0.25, 0.3) is 0 Å². The molecule has 1 aromatic carbocycles. The van der Waals surface area contributed by atoms with Crippen LogP contribution in [0.1, 0.15) is 43.7 Å². The van der Waals surface area contributed by atoms with Crippen molar-refractivity contribution in [3.63, 3.8) is 0 Å². The van der Waals surface area contributed by atoms with Gasteiger partial charge in [-0.05, 0) is 57.2 Å². The van der Waals surface area contributed by atoms with Crippen LogP contribution in [0.5, 0.6) is 11.5 Å². The van der Waals surface area contributed by atoms with Crippen molar-refractivity contribution in [2.75, 3.05) is 20.3 Å². The summed E-state index contributed by atoms with van der Waals surface area (Å²) in [5.41, 5.74) is 1.89. The smallest absolute Gasteiger partial charge is 0.164 e. The van der Waals surface area contributed by atoms with Crippen molar-refractivity contribution >= 4 is 0 Å². The zero-order chi connectivity index (χ0) is 17.2. The Bertz CT molecular complexity index is 595. The monoisotopic (exact) mass is 331 g/mol. The Morgan fingerprint density at radius 3 is 2.83 bits per heavy atom. The second-order valence-electron chi connectivity index (χ2n) is 6.94. The topological polar surface area (TPSA) is 41.9 Å². The third-order valence-electron chi connectivity index (χ3n) is 5.19. The minimum atomic E-state index is -0.435. The van der Waals surface area contributed by atoms with E-state index in [-0.39, 0.29) is 0 Å². The number of ether oxygens (including phenoxy) is 2. The van der Waals surface area contributed by atoms with Gasteiger partial charge in [-0.15, -0.1) is 6.58 Å². The van der Waals surface area contributed by atoms with Gasteiger partial charge in [0.15, 0.2) is 11.5 Å². The molecule has 1 saturated heterocycles. The molecule has 0 bridgehead atoms. The highest BCUT2D eigenvalue weighted by atomic mass is 16.5. The summed E-state index contributed by atoms with van der Waals surface area (Å²) in [6, 6.07) is 4.58. The molecule has 1 atom stereocenters. The van der Waals surface area contributed by atoms with Gasteiger partial charge in [0.1, 0.15) is 0 Å². The van der Waals surface area contributed by atoms with Crippen molar-refractivity contribution in [3.05, 3.63) is 35.9 Å². The molecule has 1 aliphatic heterocycles. The van der Waals surface area contributed by atoms with Crippen LogP contribution in [0, 0.1) is 0 Å². The first-order valence-electron chi connectivity index (χ1n) is 9.01. The fraction of sp³-hybridized carbons (Fsp3) is 0.600. The van der Waals surface area contributed by atoms with Crippen LogP contribution in [0.3, 0.4) is 0 Å². The molecular formula is C20H29NO3. The molecule has 1 saturated carbocycles. The fourth-order valence-corrected chi connectivity index (χ4v) is 3.94. The molecule has 2 aliphatic rings. The second-order valence-corrected chi connectivity index (χ2v) is 6.94. The molecule has 1 aliphatic carbocycles. The van der Waals surface area contributed by atoms with Crippen LogP contribution in [0.2, 0.25) is 0 Å². The molecule has 4 nitrogen and oxygen atoms in total. The van der Waals surface area contributed by atoms with E-state index >= 15 is 0 Å². The molecule has 0 radical (unpaired) electrons. The van der Waals surface area contributed by atoms with E-state index in [1.54, 1.807) is 7.11 Å². The minimum Gasteiger partial charge on any atom is -0.493 e. The van der Waals surface area contributed by atoms with Gasteiger partial charge >= 0.3 is 0 Å². The van der Waals surface area contributed by atoms with Gasteiger partial charge < -0.3 is 14.6 Å². The van der Waals surface area contributed by atoms with Gasteiger partial charge in [-0.2, -0.15) is 0 Å². The lowest BCUT2D eigenvalue weighted by Gasteiger charge is -2.29. The zero-order valence-corrected chi connectivity index (χ0v) is 14.9. The lowest BCUT2D eigenvalue weighted by Crippen LogP contribution is -2.40. The first kappa shape index (κ1) is 17.3. The third kappa shape index (κ3) is 3.45. The van der Waals surface area contributed by atoms with E-state index in [0.29, 0.717) is 12.6 Å². The van der Waals surface area contributed by atoms with Crippen molar-refractivity contribution in [1.82, 2.24) is 4.90 Å². The van der Waals surface area contributed by atoms with E-state index in [4.69, 9.17) is 9.47 Å². The van der Waals surface area contributed by atoms with Gasteiger partial charge in [-0.25, -0.2) is 0 Å². The van der Waals surface area contributed by atoms with Crippen LogP contribution in [0.4, 0.5) is 0 Å². The number of benzene rings is 1. The summed E-state index contributed by atoms with van der Waals surface area (Å²) in [7, 11) is 1.68. The van der Waals surface area contributed by atoms with Gasteiger partial charge in [0, 0.05) is 18.2 Å². The highest BCUT2D eigenvalue weighted by Crippen LogP contribution is 2.45. The fourth-order valence-electron chi connectivity index (χ4n) is 3.94. The van der Waals surface area contributed by atoms with Gasteiger partial charge in [-0.3, -0.25) is 4.90 Å². The maximum atomic E-state index is 10.5. The van der Waals surface area contributed by atoms with Crippen LogP contribution < -0.4 is 9.47 Å². The van der Waals surface area contributed by atoms with Crippen LogP contribution in [-0.2, 0) is 13.0 Å². The van der Waals surface area contributed by atoms with E-state index in [9.17, 15) is 5.11 Å². The molecule has 132 valence electrons. The highest BCUT2D eigenvalue weighted by molar-refractivity contribution is 5.50. The molecule has 1 N–H and O–H groups in total. The first-order chi connectivity index (χ1) is 11.6. The minimum absolute atomic E-state index is 0.304. The van der Waals surface area contributed by atoms with E-state index in [1.165, 1.54) is 12.0 Å². The molecule has 1 aromatic rings. The maximum absolute atomic E-state index is 10.5. The highest BCUT2D eigenvalue weighted by Gasteiger charge is 2.51. The molecule has 0 spiro atoms. The Morgan fingerprint density at radius 1 is 1.42 bits per heavy atom. The number of likely N-dealkylation sites (tertiary alicyclic amines) is 1. The van der Waals surface area contributed by atoms with Crippen molar-refractivity contribution in [2.45, 2.75) is 57.2 Å².